The lowest BCUT2D eigenvalue weighted by molar-refractivity contribution is -0.184. The van der Waals surface area contributed by atoms with E-state index in [1.807, 2.05) is 0 Å². The van der Waals surface area contributed by atoms with Gasteiger partial charge in [-0.3, -0.25) is 4.79 Å². The van der Waals surface area contributed by atoms with Gasteiger partial charge in [-0.15, -0.1) is 0 Å². The van der Waals surface area contributed by atoms with E-state index in [-0.39, 0.29) is 18.4 Å². The first-order chi connectivity index (χ1) is 10.6. The average Bonchev–Trinajstić information content (AvgIpc) is 3.23. The third-order valence-electron chi connectivity index (χ3n) is 7.17. The van der Waals surface area contributed by atoms with E-state index in [1.54, 1.807) is 0 Å². The van der Waals surface area contributed by atoms with Crippen LogP contribution < -0.4 is 0 Å². The SMILES string of the molecule is CC(C)CCC(=O)OCOC12CCC(C1)C1C3CCC(C3)C12. The number of carbonyl (C=O) groups is 1. The number of fused-ring (bicyclic) bond motifs is 9. The molecule has 4 saturated carbocycles. The summed E-state index contributed by atoms with van der Waals surface area (Å²) in [5.74, 6) is 4.95. The monoisotopic (exact) mass is 306 g/mol. The fraction of sp³-hybridized carbons (Fsp3) is 0.947. The largest absolute Gasteiger partial charge is 0.438 e. The molecule has 0 saturated heterocycles. The first-order valence-electron chi connectivity index (χ1n) is 9.38. The van der Waals surface area contributed by atoms with Crippen molar-refractivity contribution in [3.63, 3.8) is 0 Å². The standard InChI is InChI=1S/C19H30O3/c1-12(2)3-6-16(20)21-11-22-19-8-7-15(10-19)17-13-4-5-14(9-13)18(17)19/h12-15,17-18H,3-11H2,1-2H3. The minimum atomic E-state index is -0.0952. The Bertz CT molecular complexity index is 446. The lowest BCUT2D eigenvalue weighted by Crippen LogP contribution is -2.43. The summed E-state index contributed by atoms with van der Waals surface area (Å²) < 4.78 is 11.6. The Hall–Kier alpha value is -0.570. The molecule has 0 amide bonds. The average molecular weight is 306 g/mol. The maximum absolute atomic E-state index is 11.8. The van der Waals surface area contributed by atoms with Crippen molar-refractivity contribution in [1.82, 2.24) is 0 Å². The van der Waals surface area contributed by atoms with Gasteiger partial charge in [-0.25, -0.2) is 0 Å². The molecule has 0 aromatic heterocycles. The van der Waals surface area contributed by atoms with Crippen LogP contribution in [0.2, 0.25) is 0 Å². The van der Waals surface area contributed by atoms with Crippen molar-refractivity contribution >= 4 is 5.97 Å². The van der Waals surface area contributed by atoms with Gasteiger partial charge in [0.05, 0.1) is 5.60 Å². The van der Waals surface area contributed by atoms with Gasteiger partial charge in [0.1, 0.15) is 0 Å². The number of ether oxygens (including phenoxy) is 2. The Kier molecular flexibility index (Phi) is 3.75. The van der Waals surface area contributed by atoms with Crippen molar-refractivity contribution in [1.29, 1.82) is 0 Å². The fourth-order valence-corrected chi connectivity index (χ4v) is 6.42. The van der Waals surface area contributed by atoms with Crippen LogP contribution in [0.25, 0.3) is 0 Å². The Morgan fingerprint density at radius 1 is 1.18 bits per heavy atom. The Balaban J connectivity index is 1.32. The van der Waals surface area contributed by atoms with E-state index in [0.29, 0.717) is 12.3 Å². The predicted octanol–water partition coefficient (Wildman–Crippen LogP) is 4.15. The van der Waals surface area contributed by atoms with Gasteiger partial charge in [0, 0.05) is 6.42 Å². The molecule has 4 bridgehead atoms. The van der Waals surface area contributed by atoms with Gasteiger partial charge in [-0.05, 0) is 80.5 Å². The number of carbonyl (C=O) groups excluding carboxylic acids is 1. The molecule has 4 aliphatic carbocycles. The molecule has 6 unspecified atom stereocenters. The zero-order chi connectivity index (χ0) is 15.3. The molecule has 0 aliphatic heterocycles. The first kappa shape index (κ1) is 15.0. The van der Waals surface area contributed by atoms with Crippen LogP contribution in [0.1, 0.15) is 65.2 Å². The third-order valence-corrected chi connectivity index (χ3v) is 7.17. The fourth-order valence-electron chi connectivity index (χ4n) is 6.42. The van der Waals surface area contributed by atoms with Gasteiger partial charge in [-0.1, -0.05) is 13.8 Å². The number of esters is 1. The normalized spacial score (nSPS) is 44.8. The third kappa shape index (κ3) is 2.31. The van der Waals surface area contributed by atoms with E-state index in [2.05, 4.69) is 13.8 Å². The van der Waals surface area contributed by atoms with Crippen LogP contribution in [-0.4, -0.2) is 18.4 Å². The van der Waals surface area contributed by atoms with Crippen LogP contribution >= 0.6 is 0 Å². The predicted molar refractivity (Wildman–Crippen MR) is 84.0 cm³/mol. The molecular weight excluding hydrogens is 276 g/mol. The van der Waals surface area contributed by atoms with Crippen molar-refractivity contribution in [3.8, 4) is 0 Å². The minimum Gasteiger partial charge on any atom is -0.438 e. The van der Waals surface area contributed by atoms with Crippen LogP contribution in [0.15, 0.2) is 0 Å². The van der Waals surface area contributed by atoms with Gasteiger partial charge in [0.15, 0.2) is 6.79 Å². The summed E-state index contributed by atoms with van der Waals surface area (Å²) in [6, 6.07) is 0. The molecule has 4 fully saturated rings. The summed E-state index contributed by atoms with van der Waals surface area (Å²) >= 11 is 0. The second kappa shape index (κ2) is 5.51. The van der Waals surface area contributed by atoms with Crippen molar-refractivity contribution in [2.45, 2.75) is 70.8 Å². The molecule has 0 heterocycles. The molecular formula is C19H30O3. The maximum atomic E-state index is 11.8. The van der Waals surface area contributed by atoms with E-state index in [4.69, 9.17) is 9.47 Å². The molecule has 22 heavy (non-hydrogen) atoms. The summed E-state index contributed by atoms with van der Waals surface area (Å²) in [6.45, 7) is 4.45. The van der Waals surface area contributed by atoms with Crippen molar-refractivity contribution in [3.05, 3.63) is 0 Å². The minimum absolute atomic E-state index is 0.0630. The number of hydrogen-bond acceptors (Lipinski definition) is 3. The molecule has 3 nitrogen and oxygen atoms in total. The second-order valence-corrected chi connectivity index (χ2v) is 8.72. The molecule has 6 atom stereocenters. The Morgan fingerprint density at radius 2 is 2.00 bits per heavy atom. The zero-order valence-electron chi connectivity index (χ0n) is 14.1. The highest BCUT2D eigenvalue weighted by atomic mass is 16.7. The van der Waals surface area contributed by atoms with E-state index < -0.39 is 0 Å². The lowest BCUT2D eigenvalue weighted by Gasteiger charge is -2.41. The summed E-state index contributed by atoms with van der Waals surface area (Å²) in [7, 11) is 0. The van der Waals surface area contributed by atoms with Crippen LogP contribution in [-0.2, 0) is 14.3 Å². The van der Waals surface area contributed by atoms with E-state index in [1.165, 1.54) is 38.5 Å². The van der Waals surface area contributed by atoms with Gasteiger partial charge in [0.25, 0.3) is 0 Å². The molecule has 0 aromatic carbocycles. The Labute approximate surface area is 134 Å². The van der Waals surface area contributed by atoms with Gasteiger partial charge in [0.2, 0.25) is 0 Å². The molecule has 124 valence electrons. The number of hydrogen-bond donors (Lipinski definition) is 0. The van der Waals surface area contributed by atoms with Crippen LogP contribution in [0.4, 0.5) is 0 Å². The van der Waals surface area contributed by atoms with Crippen LogP contribution in [0.3, 0.4) is 0 Å². The van der Waals surface area contributed by atoms with E-state index >= 15 is 0 Å². The molecule has 0 radical (unpaired) electrons. The summed E-state index contributed by atoms with van der Waals surface area (Å²) in [4.78, 5) is 11.8. The highest BCUT2D eigenvalue weighted by Gasteiger charge is 2.67. The zero-order valence-corrected chi connectivity index (χ0v) is 14.1. The van der Waals surface area contributed by atoms with Crippen molar-refractivity contribution in [2.75, 3.05) is 6.79 Å². The van der Waals surface area contributed by atoms with Gasteiger partial charge >= 0.3 is 5.97 Å². The highest BCUT2D eigenvalue weighted by molar-refractivity contribution is 5.69. The summed E-state index contributed by atoms with van der Waals surface area (Å²) in [5.41, 5.74) is 0.0630. The van der Waals surface area contributed by atoms with E-state index in [9.17, 15) is 4.79 Å². The molecule has 3 heteroatoms. The maximum Gasteiger partial charge on any atom is 0.307 e. The van der Waals surface area contributed by atoms with Crippen LogP contribution in [0.5, 0.6) is 0 Å². The molecule has 0 spiro atoms. The van der Waals surface area contributed by atoms with E-state index in [0.717, 1.165) is 36.0 Å². The Morgan fingerprint density at radius 3 is 2.82 bits per heavy atom. The topological polar surface area (TPSA) is 35.5 Å². The number of rotatable bonds is 6. The first-order valence-corrected chi connectivity index (χ1v) is 9.38. The van der Waals surface area contributed by atoms with Gasteiger partial charge in [-0.2, -0.15) is 0 Å². The molecule has 0 aromatic rings. The molecule has 4 aliphatic rings. The van der Waals surface area contributed by atoms with Crippen molar-refractivity contribution < 1.29 is 14.3 Å². The molecule has 0 N–H and O–H groups in total. The summed E-state index contributed by atoms with van der Waals surface area (Å²) in [6.07, 6.45) is 9.52. The van der Waals surface area contributed by atoms with Gasteiger partial charge < -0.3 is 9.47 Å². The lowest BCUT2D eigenvalue weighted by atomic mass is 9.69. The van der Waals surface area contributed by atoms with Crippen LogP contribution in [0, 0.1) is 35.5 Å². The van der Waals surface area contributed by atoms with Crippen molar-refractivity contribution in [2.24, 2.45) is 35.5 Å². The summed E-state index contributed by atoms with van der Waals surface area (Å²) in [5, 5.41) is 0. The smallest absolute Gasteiger partial charge is 0.307 e. The quantitative estimate of drug-likeness (QED) is 0.420. The molecule has 4 rings (SSSR count). The highest BCUT2D eigenvalue weighted by Crippen LogP contribution is 2.69. The second-order valence-electron chi connectivity index (χ2n) is 8.72.